The van der Waals surface area contributed by atoms with E-state index in [0.717, 1.165) is 50.2 Å². The van der Waals surface area contributed by atoms with Crippen molar-refractivity contribution in [2.24, 2.45) is 0 Å². The van der Waals surface area contributed by atoms with Gasteiger partial charge in [0.1, 0.15) is 11.6 Å². The number of hydrogen-bond acceptors (Lipinski definition) is 7. The van der Waals surface area contributed by atoms with E-state index in [1.165, 1.54) is 18.0 Å². The largest absolute Gasteiger partial charge is 0.481 e. The average molecular weight is 427 g/mol. The minimum atomic E-state index is -0.979. The Bertz CT molecular complexity index is 886. The maximum absolute atomic E-state index is 12.3. The van der Waals surface area contributed by atoms with E-state index in [9.17, 15) is 14.7 Å². The molecule has 0 saturated heterocycles. The van der Waals surface area contributed by atoms with Crippen LogP contribution in [0.3, 0.4) is 0 Å². The van der Waals surface area contributed by atoms with Crippen molar-refractivity contribution >= 4 is 17.6 Å². The highest BCUT2D eigenvalue weighted by Gasteiger charge is 2.22. The van der Waals surface area contributed by atoms with E-state index in [1.807, 2.05) is 6.92 Å². The highest BCUT2D eigenvalue weighted by molar-refractivity contribution is 5.80. The summed E-state index contributed by atoms with van der Waals surface area (Å²) in [5.41, 5.74) is 2.80. The van der Waals surface area contributed by atoms with E-state index < -0.39 is 11.9 Å². The molecule has 0 bridgehead atoms. The summed E-state index contributed by atoms with van der Waals surface area (Å²) in [5.74, 6) is -0.699. The normalized spacial score (nSPS) is 13.7. The summed E-state index contributed by atoms with van der Waals surface area (Å²) in [6.45, 7) is 3.23. The molecule has 8 nitrogen and oxygen atoms in total. The van der Waals surface area contributed by atoms with Gasteiger partial charge in [-0.3, -0.25) is 9.59 Å². The molecule has 0 fully saturated rings. The summed E-state index contributed by atoms with van der Waals surface area (Å²) in [4.78, 5) is 36.6. The third-order valence-electron chi connectivity index (χ3n) is 5.42. The zero-order chi connectivity index (χ0) is 22.1. The topological polar surface area (TPSA) is 114 Å². The Morgan fingerprint density at radius 1 is 1.19 bits per heavy atom. The molecule has 2 aromatic rings. The minimum absolute atomic E-state index is 0.0816. The Morgan fingerprint density at radius 2 is 2.00 bits per heavy atom. The first-order valence-electron chi connectivity index (χ1n) is 11.0. The lowest BCUT2D eigenvalue weighted by molar-refractivity contribution is -0.139. The number of nitrogens with one attached hydrogen (secondary N) is 1. The van der Waals surface area contributed by atoms with Crippen LogP contribution in [0, 0.1) is 0 Å². The van der Waals surface area contributed by atoms with Gasteiger partial charge in [-0.15, -0.1) is 0 Å². The minimum Gasteiger partial charge on any atom is -0.481 e. The molecular weight excluding hydrogens is 396 g/mol. The van der Waals surface area contributed by atoms with Crippen molar-refractivity contribution in [3.8, 4) is 6.01 Å². The summed E-state index contributed by atoms with van der Waals surface area (Å²) in [6.07, 6.45) is 8.55. The van der Waals surface area contributed by atoms with Crippen LogP contribution in [0.1, 0.15) is 68.2 Å². The molecule has 1 aliphatic rings. The Kier molecular flexibility index (Phi) is 8.32. The number of unbranched alkanes of at least 4 members (excludes halogenated alkanes) is 1. The number of Topliss-reactive ketones (excluding diaryl/α,β-unsaturated/α-hetero) is 1. The van der Waals surface area contributed by atoms with E-state index in [0.29, 0.717) is 18.6 Å². The Hall–Kier alpha value is -3.03. The van der Waals surface area contributed by atoms with E-state index >= 15 is 0 Å². The molecule has 166 valence electrons. The summed E-state index contributed by atoms with van der Waals surface area (Å²) in [7, 11) is 0. The smallest absolute Gasteiger partial charge is 0.316 e. The molecule has 0 saturated carbocycles. The Labute approximate surface area is 182 Å². The zero-order valence-electron chi connectivity index (χ0n) is 18.0. The van der Waals surface area contributed by atoms with Crippen molar-refractivity contribution in [1.82, 2.24) is 15.0 Å². The van der Waals surface area contributed by atoms with Gasteiger partial charge in [0.25, 0.3) is 0 Å². The Balaban J connectivity index is 1.40. The molecule has 0 radical (unpaired) electrons. The SMILES string of the molecule is CCOc1ncc([C@H](CCC(=O)CCCCc2ccc3c(n2)NCCC3)C(=O)O)cn1. The number of nitrogens with zero attached hydrogens (tertiary/aromatic N) is 3. The van der Waals surface area contributed by atoms with E-state index in [-0.39, 0.29) is 24.6 Å². The van der Waals surface area contributed by atoms with Gasteiger partial charge in [-0.2, -0.15) is 0 Å². The second-order valence-corrected chi connectivity index (χ2v) is 7.75. The highest BCUT2D eigenvalue weighted by Crippen LogP contribution is 2.23. The number of ketones is 1. The quantitative estimate of drug-likeness (QED) is 0.495. The molecule has 8 heteroatoms. The van der Waals surface area contributed by atoms with Crippen LogP contribution in [-0.4, -0.2) is 45.0 Å². The standard InChI is InChI=1S/C23H30N4O4/c1-2-31-23-25-14-17(15-26-23)20(22(29)30)12-11-19(28)8-4-3-7-18-10-9-16-6-5-13-24-21(16)27-18/h9-10,14-15,20H,2-8,11-13H2,1H3,(H,24,27)(H,29,30)/t20-/m0/s1. The number of anilines is 1. The number of fused-ring (bicyclic) bond motifs is 1. The monoisotopic (exact) mass is 426 g/mol. The molecule has 0 aliphatic carbocycles. The van der Waals surface area contributed by atoms with E-state index in [2.05, 4.69) is 32.4 Å². The fourth-order valence-corrected chi connectivity index (χ4v) is 3.71. The van der Waals surface area contributed by atoms with Gasteiger partial charge in [-0.25, -0.2) is 15.0 Å². The van der Waals surface area contributed by atoms with Gasteiger partial charge in [0.05, 0.1) is 12.5 Å². The molecule has 0 aromatic carbocycles. The molecule has 0 spiro atoms. The molecule has 2 aromatic heterocycles. The van der Waals surface area contributed by atoms with Crippen molar-refractivity contribution in [1.29, 1.82) is 0 Å². The third-order valence-corrected chi connectivity index (χ3v) is 5.42. The fraction of sp³-hybridized carbons (Fsp3) is 0.522. The first kappa shape index (κ1) is 22.7. The lowest BCUT2D eigenvalue weighted by Gasteiger charge is -2.17. The number of pyridine rings is 1. The van der Waals surface area contributed by atoms with Crippen LogP contribution >= 0.6 is 0 Å². The van der Waals surface area contributed by atoms with Crippen LogP contribution in [0.4, 0.5) is 5.82 Å². The predicted molar refractivity (Wildman–Crippen MR) is 116 cm³/mol. The van der Waals surface area contributed by atoms with E-state index in [4.69, 9.17) is 4.74 Å². The van der Waals surface area contributed by atoms with Crippen LogP contribution in [-0.2, 0) is 22.4 Å². The molecule has 3 rings (SSSR count). The lowest BCUT2D eigenvalue weighted by atomic mass is 9.94. The maximum Gasteiger partial charge on any atom is 0.316 e. The van der Waals surface area contributed by atoms with Crippen molar-refractivity contribution in [2.45, 2.75) is 64.2 Å². The molecule has 1 atom stereocenters. The van der Waals surface area contributed by atoms with Crippen molar-refractivity contribution in [3.63, 3.8) is 0 Å². The van der Waals surface area contributed by atoms with E-state index in [1.54, 1.807) is 0 Å². The molecular formula is C23H30N4O4. The van der Waals surface area contributed by atoms with Crippen molar-refractivity contribution < 1.29 is 19.4 Å². The first-order chi connectivity index (χ1) is 15.1. The number of ether oxygens (including phenoxy) is 1. The average Bonchev–Trinajstić information content (AvgIpc) is 2.78. The third kappa shape index (κ3) is 6.73. The van der Waals surface area contributed by atoms with Crippen LogP contribution in [0.15, 0.2) is 24.5 Å². The van der Waals surface area contributed by atoms with Crippen LogP contribution in [0.5, 0.6) is 6.01 Å². The number of aliphatic carboxylic acids is 1. The number of hydrogen-bond donors (Lipinski definition) is 2. The zero-order valence-corrected chi connectivity index (χ0v) is 18.0. The summed E-state index contributed by atoms with van der Waals surface area (Å²) in [6, 6.07) is 4.44. The van der Waals surface area contributed by atoms with Gasteiger partial charge >= 0.3 is 12.0 Å². The van der Waals surface area contributed by atoms with Crippen LogP contribution in [0.25, 0.3) is 0 Å². The van der Waals surface area contributed by atoms with Gasteiger partial charge in [0.2, 0.25) is 0 Å². The van der Waals surface area contributed by atoms with Crippen molar-refractivity contribution in [3.05, 3.63) is 41.3 Å². The van der Waals surface area contributed by atoms with Gasteiger partial charge in [0, 0.05) is 43.0 Å². The number of aryl methyl sites for hydroxylation is 2. The second kappa shape index (κ2) is 11.4. The van der Waals surface area contributed by atoms with Crippen LogP contribution in [0.2, 0.25) is 0 Å². The lowest BCUT2D eigenvalue weighted by Crippen LogP contribution is -2.14. The number of carbonyl (C=O) groups is 2. The Morgan fingerprint density at radius 3 is 2.74 bits per heavy atom. The number of carboxylic acids is 1. The van der Waals surface area contributed by atoms with Gasteiger partial charge < -0.3 is 15.2 Å². The van der Waals surface area contributed by atoms with Gasteiger partial charge in [-0.05, 0) is 57.1 Å². The summed E-state index contributed by atoms with van der Waals surface area (Å²) >= 11 is 0. The number of carboxylic acid groups (broad SMARTS) is 1. The number of aromatic nitrogens is 3. The number of rotatable bonds is 12. The molecule has 3 heterocycles. The molecule has 31 heavy (non-hydrogen) atoms. The first-order valence-corrected chi connectivity index (χ1v) is 11.0. The fourth-order valence-electron chi connectivity index (χ4n) is 3.71. The van der Waals surface area contributed by atoms with Gasteiger partial charge in [0.15, 0.2) is 0 Å². The summed E-state index contributed by atoms with van der Waals surface area (Å²) in [5, 5.41) is 12.9. The molecule has 0 amide bonds. The van der Waals surface area contributed by atoms with Crippen molar-refractivity contribution in [2.75, 3.05) is 18.5 Å². The highest BCUT2D eigenvalue weighted by atomic mass is 16.5. The predicted octanol–water partition coefficient (Wildman–Crippen LogP) is 3.56. The molecule has 2 N–H and O–H groups in total. The van der Waals surface area contributed by atoms with Gasteiger partial charge in [-0.1, -0.05) is 6.07 Å². The molecule has 1 aliphatic heterocycles. The second-order valence-electron chi connectivity index (χ2n) is 7.75. The van der Waals surface area contributed by atoms with Crippen LogP contribution < -0.4 is 10.1 Å². The molecule has 0 unspecified atom stereocenters. The summed E-state index contributed by atoms with van der Waals surface area (Å²) < 4.78 is 5.18. The number of carbonyl (C=O) groups excluding carboxylic acids is 1. The maximum atomic E-state index is 12.3.